The van der Waals surface area contributed by atoms with Crippen molar-refractivity contribution in [2.24, 2.45) is 0 Å². The number of ketones is 1. The molecule has 0 atom stereocenters. The van der Waals surface area contributed by atoms with Gasteiger partial charge in [0, 0.05) is 29.8 Å². The van der Waals surface area contributed by atoms with Crippen LogP contribution in [0, 0.1) is 0 Å². The quantitative estimate of drug-likeness (QED) is 0.814. The monoisotopic (exact) mass is 232 g/mol. The Morgan fingerprint density at radius 2 is 2.24 bits per heavy atom. The number of aliphatic carboxylic acids is 1. The number of carbonyl (C=O) groups excluding carboxylic acids is 1. The van der Waals surface area contributed by atoms with E-state index in [2.05, 4.69) is 4.98 Å². The fraction of sp³-hybridized carbons (Fsp3) is 0.250. The van der Waals surface area contributed by atoms with Gasteiger partial charge in [-0.05, 0) is 6.07 Å². The number of carboxylic acids is 1. The number of hydrogen-bond acceptors (Lipinski definition) is 3. The molecule has 0 bridgehead atoms. The lowest BCUT2D eigenvalue weighted by atomic mass is 10.1. The number of rotatable bonds is 4. The smallest absolute Gasteiger partial charge is 0.323 e. The molecule has 0 aromatic carbocycles. The molecule has 2 aromatic heterocycles. The lowest BCUT2D eigenvalue weighted by molar-refractivity contribution is -0.137. The predicted octanol–water partition coefficient (Wildman–Crippen LogP) is 1.71. The van der Waals surface area contributed by atoms with E-state index >= 15 is 0 Å². The summed E-state index contributed by atoms with van der Waals surface area (Å²) in [5.74, 6) is -0.938. The van der Waals surface area contributed by atoms with Gasteiger partial charge in [0.15, 0.2) is 5.78 Å². The molecule has 2 rings (SSSR count). The van der Waals surface area contributed by atoms with Crippen molar-refractivity contribution in [1.29, 1.82) is 0 Å². The summed E-state index contributed by atoms with van der Waals surface area (Å²) in [6.45, 7) is 1.61. The highest BCUT2D eigenvalue weighted by Crippen LogP contribution is 2.21. The third-order valence-corrected chi connectivity index (χ3v) is 2.61. The summed E-state index contributed by atoms with van der Waals surface area (Å²) < 4.78 is 1.54. The molecular formula is C12H12N2O3. The number of Topliss-reactive ketones (excluding diaryl/α,β-unsaturated/α-hetero) is 1. The number of pyridine rings is 1. The normalized spacial score (nSPS) is 10.6. The summed E-state index contributed by atoms with van der Waals surface area (Å²) in [6, 6.07) is 1.73. The Bertz CT molecular complexity index is 586. The topological polar surface area (TPSA) is 72.2 Å². The van der Waals surface area contributed by atoms with Gasteiger partial charge >= 0.3 is 5.97 Å². The lowest BCUT2D eigenvalue weighted by Crippen LogP contribution is -2.07. The highest BCUT2D eigenvalue weighted by molar-refractivity contribution is 6.07. The average molecular weight is 232 g/mol. The second-order valence-corrected chi connectivity index (χ2v) is 3.73. The molecule has 5 nitrogen and oxygen atoms in total. The third-order valence-electron chi connectivity index (χ3n) is 2.61. The number of fused-ring (bicyclic) bond motifs is 1. The van der Waals surface area contributed by atoms with Crippen LogP contribution in [0.4, 0.5) is 0 Å². The largest absolute Gasteiger partial charge is 0.480 e. The van der Waals surface area contributed by atoms with Crippen molar-refractivity contribution in [2.75, 3.05) is 0 Å². The van der Waals surface area contributed by atoms with Gasteiger partial charge in [0.05, 0.1) is 11.7 Å². The molecule has 0 amide bonds. The van der Waals surface area contributed by atoms with Crippen molar-refractivity contribution < 1.29 is 14.7 Å². The maximum absolute atomic E-state index is 11.7. The van der Waals surface area contributed by atoms with E-state index in [1.165, 1.54) is 4.57 Å². The number of nitrogens with zero attached hydrogens (tertiary/aromatic N) is 2. The van der Waals surface area contributed by atoms with Crippen LogP contribution in [-0.4, -0.2) is 26.4 Å². The van der Waals surface area contributed by atoms with Crippen molar-refractivity contribution in [2.45, 2.75) is 19.9 Å². The Labute approximate surface area is 97.7 Å². The fourth-order valence-electron chi connectivity index (χ4n) is 1.83. The van der Waals surface area contributed by atoms with Crippen LogP contribution >= 0.6 is 0 Å². The average Bonchev–Trinajstić information content (AvgIpc) is 2.67. The van der Waals surface area contributed by atoms with E-state index in [-0.39, 0.29) is 12.3 Å². The van der Waals surface area contributed by atoms with E-state index in [0.717, 1.165) is 5.39 Å². The van der Waals surface area contributed by atoms with Gasteiger partial charge in [-0.3, -0.25) is 14.6 Å². The van der Waals surface area contributed by atoms with Crippen molar-refractivity contribution in [3.8, 4) is 0 Å². The molecule has 0 spiro atoms. The Balaban J connectivity index is 2.62. The molecule has 88 valence electrons. The minimum Gasteiger partial charge on any atom is -0.480 e. The van der Waals surface area contributed by atoms with Crippen LogP contribution < -0.4 is 0 Å². The number of aromatic nitrogens is 2. The predicted molar refractivity (Wildman–Crippen MR) is 62.0 cm³/mol. The van der Waals surface area contributed by atoms with Crippen LogP contribution in [-0.2, 0) is 11.3 Å². The van der Waals surface area contributed by atoms with Crippen molar-refractivity contribution in [3.63, 3.8) is 0 Å². The SMILES string of the molecule is CCC(=O)c1cn(CC(=O)O)c2cnccc12. The first-order chi connectivity index (χ1) is 8.13. The van der Waals surface area contributed by atoms with Crippen LogP contribution in [0.2, 0.25) is 0 Å². The lowest BCUT2D eigenvalue weighted by Gasteiger charge is -1.98. The summed E-state index contributed by atoms with van der Waals surface area (Å²) in [5, 5.41) is 9.56. The third kappa shape index (κ3) is 2.04. The highest BCUT2D eigenvalue weighted by Gasteiger charge is 2.14. The minimum atomic E-state index is -0.943. The van der Waals surface area contributed by atoms with Gasteiger partial charge in [0.2, 0.25) is 0 Å². The summed E-state index contributed by atoms with van der Waals surface area (Å²) in [5.41, 5.74) is 1.23. The zero-order chi connectivity index (χ0) is 12.4. The molecule has 1 N–H and O–H groups in total. The number of carboxylic acid groups (broad SMARTS) is 1. The molecule has 2 aromatic rings. The Morgan fingerprint density at radius 1 is 1.47 bits per heavy atom. The first kappa shape index (κ1) is 11.3. The van der Waals surface area contributed by atoms with Gasteiger partial charge in [-0.15, -0.1) is 0 Å². The van der Waals surface area contributed by atoms with Gasteiger partial charge in [-0.1, -0.05) is 6.92 Å². The molecule has 0 saturated carbocycles. The van der Waals surface area contributed by atoms with Crippen LogP contribution in [0.5, 0.6) is 0 Å². The Morgan fingerprint density at radius 3 is 2.88 bits per heavy atom. The van der Waals surface area contributed by atoms with E-state index in [0.29, 0.717) is 17.5 Å². The molecule has 5 heteroatoms. The van der Waals surface area contributed by atoms with Gasteiger partial charge in [-0.2, -0.15) is 0 Å². The molecule has 0 radical (unpaired) electrons. The van der Waals surface area contributed by atoms with Crippen molar-refractivity contribution in [1.82, 2.24) is 9.55 Å². The molecule has 0 aliphatic carbocycles. The first-order valence-electron chi connectivity index (χ1n) is 5.31. The molecule has 0 saturated heterocycles. The fourth-order valence-corrected chi connectivity index (χ4v) is 1.83. The molecule has 17 heavy (non-hydrogen) atoms. The van der Waals surface area contributed by atoms with Gasteiger partial charge in [-0.25, -0.2) is 0 Å². The van der Waals surface area contributed by atoms with Gasteiger partial charge < -0.3 is 9.67 Å². The van der Waals surface area contributed by atoms with Gasteiger partial charge in [0.1, 0.15) is 6.54 Å². The summed E-state index contributed by atoms with van der Waals surface area (Å²) in [4.78, 5) is 26.4. The molecule has 0 fully saturated rings. The van der Waals surface area contributed by atoms with E-state index < -0.39 is 5.97 Å². The summed E-state index contributed by atoms with van der Waals surface area (Å²) in [6.07, 6.45) is 5.16. The summed E-state index contributed by atoms with van der Waals surface area (Å²) >= 11 is 0. The molecule has 0 unspecified atom stereocenters. The van der Waals surface area contributed by atoms with Crippen molar-refractivity contribution >= 4 is 22.7 Å². The van der Waals surface area contributed by atoms with Crippen LogP contribution in [0.3, 0.4) is 0 Å². The highest BCUT2D eigenvalue weighted by atomic mass is 16.4. The molecule has 0 aliphatic heterocycles. The second kappa shape index (κ2) is 4.37. The molecule has 2 heterocycles. The second-order valence-electron chi connectivity index (χ2n) is 3.73. The van der Waals surface area contributed by atoms with E-state index in [1.807, 2.05) is 0 Å². The van der Waals surface area contributed by atoms with Crippen LogP contribution in [0.1, 0.15) is 23.7 Å². The molecular weight excluding hydrogens is 220 g/mol. The van der Waals surface area contributed by atoms with Crippen LogP contribution in [0.25, 0.3) is 10.9 Å². The Hall–Kier alpha value is -2.17. The summed E-state index contributed by atoms with van der Waals surface area (Å²) in [7, 11) is 0. The zero-order valence-corrected chi connectivity index (χ0v) is 9.38. The van der Waals surface area contributed by atoms with E-state index in [4.69, 9.17) is 5.11 Å². The first-order valence-corrected chi connectivity index (χ1v) is 5.31. The minimum absolute atomic E-state index is 0.00494. The van der Waals surface area contributed by atoms with Crippen LogP contribution in [0.15, 0.2) is 24.7 Å². The maximum atomic E-state index is 11.7. The standard InChI is InChI=1S/C12H12N2O3/c1-2-11(15)9-6-14(7-12(16)17)10-5-13-4-3-8(9)10/h3-6H,2,7H2,1H3,(H,16,17). The maximum Gasteiger partial charge on any atom is 0.323 e. The molecule has 0 aliphatic rings. The Kier molecular flexibility index (Phi) is 2.91. The number of hydrogen-bond donors (Lipinski definition) is 1. The van der Waals surface area contributed by atoms with Gasteiger partial charge in [0.25, 0.3) is 0 Å². The zero-order valence-electron chi connectivity index (χ0n) is 9.38. The van der Waals surface area contributed by atoms with Crippen molar-refractivity contribution in [3.05, 3.63) is 30.2 Å². The van der Waals surface area contributed by atoms with E-state index in [9.17, 15) is 9.59 Å². The number of carbonyl (C=O) groups is 2. The van der Waals surface area contributed by atoms with E-state index in [1.54, 1.807) is 31.6 Å².